The Balaban J connectivity index is 2.34. The van der Waals surface area contributed by atoms with Crippen molar-refractivity contribution in [3.05, 3.63) is 0 Å². The fourth-order valence-corrected chi connectivity index (χ4v) is 2.59. The van der Waals surface area contributed by atoms with E-state index in [1.54, 1.807) is 0 Å². The lowest BCUT2D eigenvalue weighted by atomic mass is 9.93. The van der Waals surface area contributed by atoms with Crippen molar-refractivity contribution in [3.63, 3.8) is 0 Å². The Morgan fingerprint density at radius 2 is 2.00 bits per heavy atom. The fraction of sp³-hybridized carbons (Fsp3) is 1.00. The van der Waals surface area contributed by atoms with Crippen LogP contribution < -0.4 is 5.32 Å². The minimum Gasteiger partial charge on any atom is -0.389 e. The molecule has 0 spiro atoms. The van der Waals surface area contributed by atoms with E-state index in [0.29, 0.717) is 6.04 Å². The molecule has 1 aliphatic rings. The molecule has 2 nitrogen and oxygen atoms in total. The number of rotatable bonds is 5. The van der Waals surface area contributed by atoms with E-state index >= 15 is 0 Å². The predicted octanol–water partition coefficient (Wildman–Crippen LogP) is 2.56. The lowest BCUT2D eigenvalue weighted by molar-refractivity contribution is 0.0512. The maximum Gasteiger partial charge on any atom is 0.0741 e. The van der Waals surface area contributed by atoms with Gasteiger partial charge in [0, 0.05) is 12.6 Å². The minimum absolute atomic E-state index is 0.538. The molecule has 4 atom stereocenters. The van der Waals surface area contributed by atoms with Crippen molar-refractivity contribution < 1.29 is 5.11 Å². The average Bonchev–Trinajstić information content (AvgIpc) is 2.57. The predicted molar refractivity (Wildman–Crippen MR) is 64.9 cm³/mol. The second-order valence-electron chi connectivity index (χ2n) is 5.44. The van der Waals surface area contributed by atoms with Crippen molar-refractivity contribution in [1.29, 1.82) is 0 Å². The SMILES string of the molecule is CCC1CCC(NCC(C)(O)CC)C1C. The van der Waals surface area contributed by atoms with Gasteiger partial charge in [0.2, 0.25) is 0 Å². The molecule has 0 aromatic carbocycles. The van der Waals surface area contributed by atoms with Gasteiger partial charge in [0.15, 0.2) is 0 Å². The molecule has 15 heavy (non-hydrogen) atoms. The van der Waals surface area contributed by atoms with Gasteiger partial charge in [0.25, 0.3) is 0 Å². The van der Waals surface area contributed by atoms with Crippen molar-refractivity contribution in [2.45, 2.75) is 65.0 Å². The van der Waals surface area contributed by atoms with Crippen LogP contribution in [0.4, 0.5) is 0 Å². The quantitative estimate of drug-likeness (QED) is 0.735. The van der Waals surface area contributed by atoms with E-state index in [-0.39, 0.29) is 0 Å². The third-order valence-corrected chi connectivity index (χ3v) is 4.26. The topological polar surface area (TPSA) is 32.3 Å². The number of nitrogens with one attached hydrogen (secondary N) is 1. The fourth-order valence-electron chi connectivity index (χ4n) is 2.59. The molecular weight excluding hydrogens is 186 g/mol. The first-order chi connectivity index (χ1) is 7.00. The van der Waals surface area contributed by atoms with E-state index in [1.807, 2.05) is 13.8 Å². The summed E-state index contributed by atoms with van der Waals surface area (Å²) < 4.78 is 0. The van der Waals surface area contributed by atoms with Gasteiger partial charge in [-0.3, -0.25) is 0 Å². The Morgan fingerprint density at radius 1 is 1.33 bits per heavy atom. The molecule has 1 saturated carbocycles. The second kappa shape index (κ2) is 5.31. The van der Waals surface area contributed by atoms with Crippen molar-refractivity contribution in [3.8, 4) is 0 Å². The first-order valence-electron chi connectivity index (χ1n) is 6.46. The van der Waals surface area contributed by atoms with E-state index in [2.05, 4.69) is 19.2 Å². The van der Waals surface area contributed by atoms with E-state index in [0.717, 1.165) is 24.8 Å². The molecule has 0 radical (unpaired) electrons. The van der Waals surface area contributed by atoms with Crippen molar-refractivity contribution in [1.82, 2.24) is 5.32 Å². The van der Waals surface area contributed by atoms with E-state index < -0.39 is 5.60 Å². The van der Waals surface area contributed by atoms with Gasteiger partial charge in [-0.25, -0.2) is 0 Å². The zero-order chi connectivity index (χ0) is 11.5. The van der Waals surface area contributed by atoms with Gasteiger partial charge in [-0.15, -0.1) is 0 Å². The molecule has 1 aliphatic carbocycles. The van der Waals surface area contributed by atoms with Gasteiger partial charge in [0.1, 0.15) is 0 Å². The summed E-state index contributed by atoms with van der Waals surface area (Å²) in [5.74, 6) is 1.65. The van der Waals surface area contributed by atoms with E-state index in [9.17, 15) is 5.11 Å². The zero-order valence-electron chi connectivity index (χ0n) is 10.7. The Hall–Kier alpha value is -0.0800. The van der Waals surface area contributed by atoms with Gasteiger partial charge in [0.05, 0.1) is 5.60 Å². The minimum atomic E-state index is -0.538. The molecule has 4 unspecified atom stereocenters. The van der Waals surface area contributed by atoms with Gasteiger partial charge in [-0.05, 0) is 38.0 Å². The highest BCUT2D eigenvalue weighted by Gasteiger charge is 2.32. The summed E-state index contributed by atoms with van der Waals surface area (Å²) in [5.41, 5.74) is -0.538. The van der Waals surface area contributed by atoms with Gasteiger partial charge in [-0.1, -0.05) is 27.2 Å². The molecule has 0 saturated heterocycles. The summed E-state index contributed by atoms with van der Waals surface area (Å²) in [6.07, 6.45) is 4.74. The molecule has 0 aromatic rings. The summed E-state index contributed by atoms with van der Waals surface area (Å²) in [4.78, 5) is 0. The molecule has 2 heteroatoms. The highest BCUT2D eigenvalue weighted by atomic mass is 16.3. The van der Waals surface area contributed by atoms with Crippen LogP contribution >= 0.6 is 0 Å². The molecule has 90 valence electrons. The van der Waals surface area contributed by atoms with Crippen LogP contribution in [0.1, 0.15) is 53.4 Å². The molecule has 0 heterocycles. The molecular formula is C13H27NO. The molecule has 2 N–H and O–H groups in total. The third kappa shape index (κ3) is 3.46. The van der Waals surface area contributed by atoms with Crippen LogP contribution in [-0.2, 0) is 0 Å². The zero-order valence-corrected chi connectivity index (χ0v) is 10.7. The highest BCUT2D eigenvalue weighted by molar-refractivity contribution is 4.88. The third-order valence-electron chi connectivity index (χ3n) is 4.26. The molecule has 0 aliphatic heterocycles. The molecule has 1 rings (SSSR count). The van der Waals surface area contributed by atoms with Gasteiger partial charge in [-0.2, -0.15) is 0 Å². The summed E-state index contributed by atoms with van der Waals surface area (Å²) >= 11 is 0. The van der Waals surface area contributed by atoms with E-state index in [4.69, 9.17) is 0 Å². The highest BCUT2D eigenvalue weighted by Crippen LogP contribution is 2.33. The second-order valence-corrected chi connectivity index (χ2v) is 5.44. The van der Waals surface area contributed by atoms with Crippen molar-refractivity contribution in [2.75, 3.05) is 6.54 Å². The average molecular weight is 213 g/mol. The van der Waals surface area contributed by atoms with Crippen LogP contribution in [0.5, 0.6) is 0 Å². The van der Waals surface area contributed by atoms with Crippen LogP contribution in [0.15, 0.2) is 0 Å². The molecule has 0 aromatic heterocycles. The maximum atomic E-state index is 9.93. The standard InChI is InChI=1S/C13H27NO/c1-5-11-7-8-12(10(11)3)14-9-13(4,15)6-2/h10-12,14-15H,5-9H2,1-4H3. The summed E-state index contributed by atoms with van der Waals surface area (Å²) in [5, 5.41) is 13.5. The lowest BCUT2D eigenvalue weighted by Crippen LogP contribution is -2.43. The van der Waals surface area contributed by atoms with Gasteiger partial charge < -0.3 is 10.4 Å². The first kappa shape index (κ1) is 13.0. The first-order valence-corrected chi connectivity index (χ1v) is 6.46. The van der Waals surface area contributed by atoms with Crippen LogP contribution in [0.2, 0.25) is 0 Å². The largest absolute Gasteiger partial charge is 0.389 e. The van der Waals surface area contributed by atoms with Crippen LogP contribution in [0.3, 0.4) is 0 Å². The Morgan fingerprint density at radius 3 is 2.47 bits per heavy atom. The van der Waals surface area contributed by atoms with Gasteiger partial charge >= 0.3 is 0 Å². The maximum absolute atomic E-state index is 9.93. The molecule has 1 fully saturated rings. The Kier molecular flexibility index (Phi) is 4.60. The Bertz CT molecular complexity index is 191. The summed E-state index contributed by atoms with van der Waals surface area (Å²) in [6.45, 7) is 9.31. The lowest BCUT2D eigenvalue weighted by Gasteiger charge is -2.27. The normalized spacial score (nSPS) is 35.4. The Labute approximate surface area is 94.5 Å². The van der Waals surface area contributed by atoms with Crippen molar-refractivity contribution in [2.24, 2.45) is 11.8 Å². The van der Waals surface area contributed by atoms with Crippen LogP contribution in [0, 0.1) is 11.8 Å². The number of hydrogen-bond acceptors (Lipinski definition) is 2. The number of hydrogen-bond donors (Lipinski definition) is 2. The van der Waals surface area contributed by atoms with Crippen LogP contribution in [0.25, 0.3) is 0 Å². The van der Waals surface area contributed by atoms with Crippen LogP contribution in [-0.4, -0.2) is 23.3 Å². The smallest absolute Gasteiger partial charge is 0.0741 e. The van der Waals surface area contributed by atoms with Crippen molar-refractivity contribution >= 4 is 0 Å². The molecule has 0 bridgehead atoms. The summed E-state index contributed by atoms with van der Waals surface area (Å²) in [6, 6.07) is 0.618. The monoisotopic (exact) mass is 213 g/mol. The molecule has 0 amide bonds. The summed E-state index contributed by atoms with van der Waals surface area (Å²) in [7, 11) is 0. The van der Waals surface area contributed by atoms with E-state index in [1.165, 1.54) is 19.3 Å². The number of aliphatic hydroxyl groups is 1.